The highest BCUT2D eigenvalue weighted by atomic mass is 32.2. The first-order valence-electron chi connectivity index (χ1n) is 9.83. The molecule has 3 aromatic heterocycles. The lowest BCUT2D eigenvalue weighted by Crippen LogP contribution is -2.01. The normalized spacial score (nSPS) is 10.9. The number of hydrogen-bond acceptors (Lipinski definition) is 8. The average Bonchev–Trinajstić information content (AvgIpc) is 3.45. The van der Waals surface area contributed by atoms with Gasteiger partial charge in [-0.05, 0) is 42.8 Å². The molecule has 0 saturated carbocycles. The van der Waals surface area contributed by atoms with Crippen LogP contribution in [-0.4, -0.2) is 42.8 Å². The van der Waals surface area contributed by atoms with Gasteiger partial charge in [-0.1, -0.05) is 23.0 Å². The van der Waals surface area contributed by atoms with Crippen LogP contribution in [0, 0.1) is 0 Å². The topological polar surface area (TPSA) is 91.8 Å². The predicted molar refractivity (Wildman–Crippen MR) is 119 cm³/mol. The summed E-state index contributed by atoms with van der Waals surface area (Å²) in [4.78, 5) is 8.46. The Morgan fingerprint density at radius 3 is 2.65 bits per heavy atom. The minimum absolute atomic E-state index is 0.583. The van der Waals surface area contributed by atoms with Gasteiger partial charge >= 0.3 is 0 Å². The van der Waals surface area contributed by atoms with Crippen molar-refractivity contribution in [3.63, 3.8) is 0 Å². The molecule has 0 aliphatic carbocycles. The van der Waals surface area contributed by atoms with Crippen LogP contribution in [0.5, 0.6) is 5.75 Å². The Hall–Kier alpha value is -3.46. The minimum Gasteiger partial charge on any atom is -0.497 e. The van der Waals surface area contributed by atoms with E-state index in [1.165, 1.54) is 0 Å². The van der Waals surface area contributed by atoms with Crippen LogP contribution in [0.4, 0.5) is 0 Å². The van der Waals surface area contributed by atoms with Crippen molar-refractivity contribution in [2.45, 2.75) is 24.5 Å². The second kappa shape index (κ2) is 10.0. The molecule has 4 aromatic rings. The molecular formula is C22H22N6O2S. The summed E-state index contributed by atoms with van der Waals surface area (Å²) < 4.78 is 12.7. The van der Waals surface area contributed by atoms with Gasteiger partial charge in [0.1, 0.15) is 5.75 Å². The number of hydrogen-bond donors (Lipinski definition) is 0. The van der Waals surface area contributed by atoms with E-state index in [-0.39, 0.29) is 0 Å². The summed E-state index contributed by atoms with van der Waals surface area (Å²) in [5, 5.41) is 13.7. The molecule has 31 heavy (non-hydrogen) atoms. The first kappa shape index (κ1) is 20.8. The maximum atomic E-state index is 5.37. The summed E-state index contributed by atoms with van der Waals surface area (Å²) in [7, 11) is 1.65. The highest BCUT2D eigenvalue weighted by Gasteiger charge is 2.14. The van der Waals surface area contributed by atoms with Crippen LogP contribution < -0.4 is 4.74 Å². The van der Waals surface area contributed by atoms with Gasteiger partial charge in [-0.25, -0.2) is 0 Å². The van der Waals surface area contributed by atoms with Gasteiger partial charge in [-0.2, -0.15) is 4.98 Å². The van der Waals surface area contributed by atoms with E-state index in [1.807, 2.05) is 42.5 Å². The number of benzene rings is 1. The summed E-state index contributed by atoms with van der Waals surface area (Å²) in [6.07, 6.45) is 6.84. The Morgan fingerprint density at radius 1 is 1.10 bits per heavy atom. The van der Waals surface area contributed by atoms with E-state index in [0.29, 0.717) is 24.7 Å². The number of nitrogens with zero attached hydrogens (tertiary/aromatic N) is 6. The maximum Gasteiger partial charge on any atom is 0.226 e. The van der Waals surface area contributed by atoms with Crippen LogP contribution in [0.1, 0.15) is 12.3 Å². The molecule has 0 atom stereocenters. The SMILES string of the molecule is C=CCn1c(SCCCc2nc(-c3ccncc3)no2)nnc1-c1ccc(OC)cc1. The summed E-state index contributed by atoms with van der Waals surface area (Å²) >= 11 is 1.65. The first-order chi connectivity index (χ1) is 15.3. The fourth-order valence-electron chi connectivity index (χ4n) is 3.00. The average molecular weight is 435 g/mol. The van der Waals surface area contributed by atoms with E-state index in [2.05, 4.69) is 36.5 Å². The third-order valence-electron chi connectivity index (χ3n) is 4.55. The van der Waals surface area contributed by atoms with Crippen molar-refractivity contribution in [3.8, 4) is 28.5 Å². The number of allylic oxidation sites excluding steroid dienone is 1. The van der Waals surface area contributed by atoms with Gasteiger partial charge in [0.05, 0.1) is 7.11 Å². The quantitative estimate of drug-likeness (QED) is 0.207. The van der Waals surface area contributed by atoms with Gasteiger partial charge in [-0.15, -0.1) is 16.8 Å². The highest BCUT2D eigenvalue weighted by molar-refractivity contribution is 7.99. The third-order valence-corrected chi connectivity index (χ3v) is 5.60. The Balaban J connectivity index is 1.37. The zero-order chi connectivity index (χ0) is 21.5. The lowest BCUT2D eigenvalue weighted by molar-refractivity contribution is 0.378. The van der Waals surface area contributed by atoms with Crippen molar-refractivity contribution < 1.29 is 9.26 Å². The van der Waals surface area contributed by atoms with Crippen LogP contribution in [0.25, 0.3) is 22.8 Å². The van der Waals surface area contributed by atoms with Crippen molar-refractivity contribution in [3.05, 3.63) is 67.3 Å². The van der Waals surface area contributed by atoms with Crippen molar-refractivity contribution >= 4 is 11.8 Å². The van der Waals surface area contributed by atoms with Gasteiger partial charge < -0.3 is 9.26 Å². The second-order valence-corrected chi connectivity index (χ2v) is 7.70. The van der Waals surface area contributed by atoms with E-state index < -0.39 is 0 Å². The fourth-order valence-corrected chi connectivity index (χ4v) is 3.89. The number of methoxy groups -OCH3 is 1. The molecule has 158 valence electrons. The smallest absolute Gasteiger partial charge is 0.226 e. The van der Waals surface area contributed by atoms with Gasteiger partial charge in [0, 0.05) is 42.2 Å². The lowest BCUT2D eigenvalue weighted by atomic mass is 10.2. The number of thioether (sulfide) groups is 1. The van der Waals surface area contributed by atoms with Crippen molar-refractivity contribution in [2.75, 3.05) is 12.9 Å². The molecule has 0 N–H and O–H groups in total. The minimum atomic E-state index is 0.583. The summed E-state index contributed by atoms with van der Waals surface area (Å²) in [6.45, 7) is 4.50. The molecule has 8 nitrogen and oxygen atoms in total. The monoisotopic (exact) mass is 434 g/mol. The molecule has 0 fully saturated rings. The van der Waals surface area contributed by atoms with Crippen molar-refractivity contribution in [2.24, 2.45) is 0 Å². The van der Waals surface area contributed by atoms with Gasteiger partial charge in [-0.3, -0.25) is 9.55 Å². The van der Waals surface area contributed by atoms with Crippen molar-refractivity contribution in [1.29, 1.82) is 0 Å². The van der Waals surface area contributed by atoms with Gasteiger partial charge in [0.15, 0.2) is 11.0 Å². The number of pyridine rings is 1. The third kappa shape index (κ3) is 5.00. The molecule has 0 amide bonds. The molecule has 9 heteroatoms. The van der Waals surface area contributed by atoms with Crippen LogP contribution in [0.3, 0.4) is 0 Å². The number of ether oxygens (including phenoxy) is 1. The molecule has 1 aromatic carbocycles. The number of aromatic nitrogens is 6. The maximum absolute atomic E-state index is 5.37. The number of rotatable bonds is 10. The summed E-state index contributed by atoms with van der Waals surface area (Å²) in [6, 6.07) is 11.5. The highest BCUT2D eigenvalue weighted by Crippen LogP contribution is 2.26. The van der Waals surface area contributed by atoms with E-state index in [1.54, 1.807) is 31.3 Å². The van der Waals surface area contributed by atoms with Gasteiger partial charge in [0.25, 0.3) is 0 Å². The second-order valence-electron chi connectivity index (χ2n) is 6.63. The van der Waals surface area contributed by atoms with E-state index in [0.717, 1.165) is 40.0 Å². The Labute approximate surface area is 184 Å². The molecule has 0 spiro atoms. The van der Waals surface area contributed by atoms with Crippen LogP contribution in [0.2, 0.25) is 0 Å². The van der Waals surface area contributed by atoms with E-state index in [4.69, 9.17) is 9.26 Å². The summed E-state index contributed by atoms with van der Waals surface area (Å²) in [5.41, 5.74) is 1.87. The molecule has 0 radical (unpaired) electrons. The molecular weight excluding hydrogens is 412 g/mol. The molecule has 4 rings (SSSR count). The Kier molecular flexibility index (Phi) is 6.73. The standard InChI is InChI=1S/C22H22N6O2S/c1-3-14-28-21(17-6-8-18(29-2)9-7-17)25-26-22(28)31-15-4-5-19-24-20(27-30-19)16-10-12-23-13-11-16/h3,6-13H,1,4-5,14-15H2,2H3. The fraction of sp³-hybridized carbons (Fsp3) is 0.227. The van der Waals surface area contributed by atoms with E-state index >= 15 is 0 Å². The van der Waals surface area contributed by atoms with Crippen molar-refractivity contribution in [1.82, 2.24) is 29.9 Å². The molecule has 0 aliphatic rings. The lowest BCUT2D eigenvalue weighted by Gasteiger charge is -2.08. The molecule has 0 aliphatic heterocycles. The Morgan fingerprint density at radius 2 is 1.90 bits per heavy atom. The number of aryl methyl sites for hydroxylation is 1. The van der Waals surface area contributed by atoms with E-state index in [9.17, 15) is 0 Å². The zero-order valence-corrected chi connectivity index (χ0v) is 18.0. The predicted octanol–water partition coefficient (Wildman–Crippen LogP) is 4.31. The summed E-state index contributed by atoms with van der Waals surface area (Å²) in [5.74, 6) is 3.68. The molecule has 0 unspecified atom stereocenters. The van der Waals surface area contributed by atoms with Crippen LogP contribution in [-0.2, 0) is 13.0 Å². The first-order valence-corrected chi connectivity index (χ1v) is 10.8. The largest absolute Gasteiger partial charge is 0.497 e. The van der Waals surface area contributed by atoms with Crippen LogP contribution in [0.15, 0.2) is 71.1 Å². The molecule has 3 heterocycles. The zero-order valence-electron chi connectivity index (χ0n) is 17.1. The molecule has 0 bridgehead atoms. The molecule has 0 saturated heterocycles. The van der Waals surface area contributed by atoms with Crippen LogP contribution >= 0.6 is 11.8 Å². The Bertz CT molecular complexity index is 1120. The van der Waals surface area contributed by atoms with Gasteiger partial charge in [0.2, 0.25) is 11.7 Å².